The van der Waals surface area contributed by atoms with Crippen LogP contribution in [0, 0.1) is 0 Å². The van der Waals surface area contributed by atoms with Gasteiger partial charge in [-0.15, -0.1) is 10.2 Å². The molecule has 3 aromatic heterocycles. The van der Waals surface area contributed by atoms with E-state index in [-0.39, 0.29) is 5.91 Å². The predicted octanol–water partition coefficient (Wildman–Crippen LogP) is 2.90. The van der Waals surface area contributed by atoms with Gasteiger partial charge in [-0.25, -0.2) is 0 Å². The van der Waals surface area contributed by atoms with E-state index in [0.29, 0.717) is 31.9 Å². The highest BCUT2D eigenvalue weighted by molar-refractivity contribution is 5.94. The van der Waals surface area contributed by atoms with Gasteiger partial charge in [-0.3, -0.25) is 14.5 Å². The Morgan fingerprint density at radius 3 is 2.28 bits per heavy atom. The minimum absolute atomic E-state index is 0.00147. The third kappa shape index (κ3) is 3.94. The summed E-state index contributed by atoms with van der Waals surface area (Å²) in [6, 6.07) is 21.4. The Morgan fingerprint density at radius 2 is 1.59 bits per heavy atom. The fourth-order valence-electron chi connectivity index (χ4n) is 3.86. The van der Waals surface area contributed by atoms with Crippen molar-refractivity contribution in [2.75, 3.05) is 31.1 Å². The number of pyridine rings is 1. The summed E-state index contributed by atoms with van der Waals surface area (Å²) in [4.78, 5) is 21.5. The van der Waals surface area contributed by atoms with E-state index in [1.807, 2.05) is 78.7 Å². The first-order chi connectivity index (χ1) is 15.7. The molecule has 0 N–H and O–H groups in total. The molecule has 1 aliphatic heterocycles. The monoisotopic (exact) mass is 425 g/mol. The van der Waals surface area contributed by atoms with Crippen LogP contribution in [-0.2, 0) is 7.05 Å². The number of hydrogen-bond donors (Lipinski definition) is 0. The van der Waals surface area contributed by atoms with Gasteiger partial charge in [0.15, 0.2) is 5.82 Å². The van der Waals surface area contributed by atoms with Crippen molar-refractivity contribution in [2.45, 2.75) is 0 Å². The number of aryl methyl sites for hydroxylation is 1. The van der Waals surface area contributed by atoms with E-state index in [1.165, 1.54) is 0 Å². The van der Waals surface area contributed by atoms with Crippen molar-refractivity contribution in [3.05, 3.63) is 78.6 Å². The maximum Gasteiger partial charge on any atom is 0.272 e. The van der Waals surface area contributed by atoms with Crippen molar-refractivity contribution in [1.29, 1.82) is 0 Å². The van der Waals surface area contributed by atoms with Crippen LogP contribution in [0.1, 0.15) is 10.5 Å². The first-order valence-corrected chi connectivity index (χ1v) is 10.6. The number of aromatic nitrogens is 5. The summed E-state index contributed by atoms with van der Waals surface area (Å²) < 4.78 is 1.67. The highest BCUT2D eigenvalue weighted by atomic mass is 16.2. The van der Waals surface area contributed by atoms with Gasteiger partial charge in [-0.05, 0) is 30.3 Å². The topological polar surface area (TPSA) is 80.0 Å². The minimum Gasteiger partial charge on any atom is -0.352 e. The Kier molecular flexibility index (Phi) is 5.33. The van der Waals surface area contributed by atoms with Gasteiger partial charge >= 0.3 is 0 Å². The van der Waals surface area contributed by atoms with Gasteiger partial charge in [0.05, 0.1) is 11.4 Å². The molecule has 160 valence electrons. The summed E-state index contributed by atoms with van der Waals surface area (Å²) in [7, 11) is 1.81. The van der Waals surface area contributed by atoms with Gasteiger partial charge in [0, 0.05) is 45.0 Å². The number of anilines is 1. The second kappa shape index (κ2) is 8.58. The summed E-state index contributed by atoms with van der Waals surface area (Å²) in [6.07, 6.45) is 1.74. The van der Waals surface area contributed by atoms with Crippen molar-refractivity contribution in [3.63, 3.8) is 0 Å². The largest absolute Gasteiger partial charge is 0.352 e. The summed E-state index contributed by atoms with van der Waals surface area (Å²) in [5, 5.41) is 13.2. The van der Waals surface area contributed by atoms with Crippen LogP contribution < -0.4 is 4.90 Å². The normalized spacial score (nSPS) is 13.9. The molecule has 4 heterocycles. The number of benzene rings is 1. The van der Waals surface area contributed by atoms with Crippen molar-refractivity contribution in [2.24, 2.45) is 7.05 Å². The van der Waals surface area contributed by atoms with Gasteiger partial charge in [-0.1, -0.05) is 36.4 Å². The van der Waals surface area contributed by atoms with Crippen molar-refractivity contribution < 1.29 is 4.79 Å². The van der Waals surface area contributed by atoms with Crippen LogP contribution in [0.2, 0.25) is 0 Å². The van der Waals surface area contributed by atoms with Crippen LogP contribution in [0.25, 0.3) is 22.6 Å². The Balaban J connectivity index is 1.24. The van der Waals surface area contributed by atoms with Crippen molar-refractivity contribution in [1.82, 2.24) is 29.9 Å². The molecule has 1 fully saturated rings. The molecule has 1 aromatic carbocycles. The predicted molar refractivity (Wildman–Crippen MR) is 122 cm³/mol. The molecule has 0 aliphatic carbocycles. The van der Waals surface area contributed by atoms with Crippen LogP contribution in [0.15, 0.2) is 72.9 Å². The molecule has 4 aromatic rings. The summed E-state index contributed by atoms with van der Waals surface area (Å²) in [5.41, 5.74) is 3.94. The van der Waals surface area contributed by atoms with Crippen LogP contribution in [0.3, 0.4) is 0 Å². The van der Waals surface area contributed by atoms with E-state index in [0.717, 1.165) is 28.5 Å². The molecule has 0 spiro atoms. The lowest BCUT2D eigenvalue weighted by Gasteiger charge is -2.35. The van der Waals surface area contributed by atoms with E-state index >= 15 is 0 Å². The SMILES string of the molecule is Cn1nc(-c2ccccc2)cc1C(=O)N1CCN(c2ccc(-c3ccccn3)nn2)CC1. The third-order valence-electron chi connectivity index (χ3n) is 5.64. The standard InChI is InChI=1S/C24H23N7O/c1-29-22(17-21(28-29)18-7-3-2-4-8-18)24(32)31-15-13-30(14-16-31)23-11-10-20(26-27-23)19-9-5-6-12-25-19/h2-12,17H,13-16H2,1H3. The molecule has 0 atom stereocenters. The molecule has 8 nitrogen and oxygen atoms in total. The molecule has 5 rings (SSSR count). The molecular weight excluding hydrogens is 402 g/mol. The van der Waals surface area contributed by atoms with Gasteiger partial charge in [0.2, 0.25) is 0 Å². The zero-order valence-corrected chi connectivity index (χ0v) is 17.8. The first kappa shape index (κ1) is 19.9. The fourth-order valence-corrected chi connectivity index (χ4v) is 3.86. The Bertz CT molecular complexity index is 1200. The van der Waals surface area contributed by atoms with E-state index in [9.17, 15) is 4.79 Å². The Labute approximate surface area is 186 Å². The average molecular weight is 425 g/mol. The second-order valence-corrected chi connectivity index (χ2v) is 7.68. The van der Waals surface area contributed by atoms with E-state index < -0.39 is 0 Å². The molecular formula is C24H23N7O. The molecule has 1 aliphatic rings. The molecule has 8 heteroatoms. The highest BCUT2D eigenvalue weighted by Crippen LogP contribution is 2.21. The van der Waals surface area contributed by atoms with Crippen LogP contribution in [-0.4, -0.2) is 61.9 Å². The van der Waals surface area contributed by atoms with Crippen molar-refractivity contribution >= 4 is 11.7 Å². The smallest absolute Gasteiger partial charge is 0.272 e. The number of carbonyl (C=O) groups excluding carboxylic acids is 1. The Hall–Kier alpha value is -4.07. The molecule has 1 saturated heterocycles. The first-order valence-electron chi connectivity index (χ1n) is 10.6. The van der Waals surface area contributed by atoms with E-state index in [1.54, 1.807) is 10.9 Å². The number of nitrogens with zero attached hydrogens (tertiary/aromatic N) is 7. The fraction of sp³-hybridized carbons (Fsp3) is 0.208. The molecule has 0 radical (unpaired) electrons. The third-order valence-corrected chi connectivity index (χ3v) is 5.64. The van der Waals surface area contributed by atoms with Gasteiger partial charge in [0.1, 0.15) is 11.4 Å². The number of amides is 1. The van der Waals surface area contributed by atoms with Gasteiger partial charge in [-0.2, -0.15) is 5.10 Å². The van der Waals surface area contributed by atoms with Crippen LogP contribution in [0.5, 0.6) is 0 Å². The van der Waals surface area contributed by atoms with E-state index in [2.05, 4.69) is 25.2 Å². The molecule has 0 unspecified atom stereocenters. The van der Waals surface area contributed by atoms with Gasteiger partial charge < -0.3 is 9.80 Å². The number of piperazine rings is 1. The maximum absolute atomic E-state index is 13.1. The molecule has 0 saturated carbocycles. The van der Waals surface area contributed by atoms with Crippen molar-refractivity contribution in [3.8, 4) is 22.6 Å². The summed E-state index contributed by atoms with van der Waals surface area (Å²) in [5.74, 6) is 0.807. The summed E-state index contributed by atoms with van der Waals surface area (Å²) in [6.45, 7) is 2.64. The Morgan fingerprint density at radius 1 is 0.812 bits per heavy atom. The molecule has 32 heavy (non-hydrogen) atoms. The van der Waals surface area contributed by atoms with Gasteiger partial charge in [0.25, 0.3) is 5.91 Å². The lowest BCUT2D eigenvalue weighted by Crippen LogP contribution is -2.49. The maximum atomic E-state index is 13.1. The lowest BCUT2D eigenvalue weighted by molar-refractivity contribution is 0.0735. The van der Waals surface area contributed by atoms with Crippen LogP contribution in [0.4, 0.5) is 5.82 Å². The summed E-state index contributed by atoms with van der Waals surface area (Å²) >= 11 is 0. The number of carbonyl (C=O) groups is 1. The molecule has 0 bridgehead atoms. The molecule has 1 amide bonds. The number of hydrogen-bond acceptors (Lipinski definition) is 6. The minimum atomic E-state index is -0.00147. The highest BCUT2D eigenvalue weighted by Gasteiger charge is 2.25. The zero-order chi connectivity index (χ0) is 21.9. The second-order valence-electron chi connectivity index (χ2n) is 7.68. The van der Waals surface area contributed by atoms with Crippen LogP contribution >= 0.6 is 0 Å². The average Bonchev–Trinajstić information content (AvgIpc) is 3.26. The number of rotatable bonds is 4. The quantitative estimate of drug-likeness (QED) is 0.500. The zero-order valence-electron chi connectivity index (χ0n) is 17.8. The lowest BCUT2D eigenvalue weighted by atomic mass is 10.1. The van der Waals surface area contributed by atoms with E-state index in [4.69, 9.17) is 0 Å².